The average molecular weight is 487 g/mol. The van der Waals surface area contributed by atoms with E-state index in [2.05, 4.69) is 134 Å². The van der Waals surface area contributed by atoms with Crippen molar-refractivity contribution in [2.75, 3.05) is 0 Å². The largest absolute Gasteiger partial charge is 2.00 e. The molecule has 4 aliphatic carbocycles. The van der Waals surface area contributed by atoms with Gasteiger partial charge in [0, 0.05) is 0 Å². The molecule has 0 amide bonds. The minimum absolute atomic E-state index is 0. The van der Waals surface area contributed by atoms with E-state index in [0.717, 1.165) is 0 Å². The van der Waals surface area contributed by atoms with Crippen LogP contribution in [0.2, 0.25) is 0 Å². The molecule has 0 N–H and O–H groups in total. The zero-order valence-electron chi connectivity index (χ0n) is 19.4. The smallest absolute Gasteiger partial charge is 0.145 e. The van der Waals surface area contributed by atoms with Crippen molar-refractivity contribution in [2.45, 2.75) is 0 Å². The van der Waals surface area contributed by atoms with Crippen molar-refractivity contribution in [2.24, 2.45) is 0 Å². The maximum Gasteiger partial charge on any atom is 2.00 e. The molecule has 0 radical (unpaired) electrons. The second kappa shape index (κ2) is 12.0. The molecule has 2 aromatic rings. The number of benzene rings is 2. The molecule has 0 saturated heterocycles. The van der Waals surface area contributed by atoms with Crippen molar-refractivity contribution >= 4 is 11.1 Å². The Bertz CT molecular complexity index is 1240. The van der Waals surface area contributed by atoms with Gasteiger partial charge in [-0.15, -0.1) is 72.6 Å². The summed E-state index contributed by atoms with van der Waals surface area (Å²) in [7, 11) is 0. The standard InChI is InChI=1S/2C17H13.Cr/c2*1-3-7-14(8-4-1)16-11-12-17(13-16)15-9-5-2-6-10-15;/h2*1-13H;/q2*-1;+2. The van der Waals surface area contributed by atoms with Crippen molar-refractivity contribution in [3.8, 4) is 0 Å². The molecule has 168 valence electrons. The third-order valence-corrected chi connectivity index (χ3v) is 5.94. The van der Waals surface area contributed by atoms with Crippen molar-refractivity contribution in [3.05, 3.63) is 192 Å². The van der Waals surface area contributed by atoms with Gasteiger partial charge in [-0.1, -0.05) is 108 Å². The monoisotopic (exact) mass is 486 g/mol. The molecular weight excluding hydrogens is 460 g/mol. The number of rotatable bonds is 2. The predicted octanol–water partition coefficient (Wildman–Crippen LogP) is 8.53. The molecule has 0 unspecified atom stereocenters. The average Bonchev–Trinajstić information content (AvgIpc) is 3.62. The topological polar surface area (TPSA) is 0 Å². The van der Waals surface area contributed by atoms with E-state index in [1.807, 2.05) is 24.3 Å². The molecule has 2 aromatic carbocycles. The predicted molar refractivity (Wildman–Crippen MR) is 146 cm³/mol. The van der Waals surface area contributed by atoms with Crippen LogP contribution in [0.4, 0.5) is 0 Å². The summed E-state index contributed by atoms with van der Waals surface area (Å²) >= 11 is 0. The van der Waals surface area contributed by atoms with Gasteiger partial charge in [0.1, 0.15) is 0 Å². The first-order valence-electron chi connectivity index (χ1n) is 11.6. The molecule has 0 aliphatic heterocycles. The van der Waals surface area contributed by atoms with Crippen molar-refractivity contribution in [1.29, 1.82) is 0 Å². The van der Waals surface area contributed by atoms with E-state index in [-0.39, 0.29) is 17.4 Å². The fraction of sp³-hybridized carbons (Fsp3) is 0. The van der Waals surface area contributed by atoms with Gasteiger partial charge in [-0.25, -0.2) is 0 Å². The third-order valence-electron chi connectivity index (χ3n) is 5.94. The molecule has 0 atom stereocenters. The molecule has 6 rings (SSSR count). The Morgan fingerprint density at radius 1 is 0.429 bits per heavy atom. The van der Waals surface area contributed by atoms with Crippen LogP contribution in [0.3, 0.4) is 0 Å². The van der Waals surface area contributed by atoms with Gasteiger partial charge in [-0.2, -0.15) is 0 Å². The Morgan fingerprint density at radius 2 is 0.857 bits per heavy atom. The van der Waals surface area contributed by atoms with Gasteiger partial charge in [0.15, 0.2) is 0 Å². The zero-order valence-corrected chi connectivity index (χ0v) is 20.7. The summed E-state index contributed by atoms with van der Waals surface area (Å²) in [6.45, 7) is 0. The first-order valence-corrected chi connectivity index (χ1v) is 11.6. The Hall–Kier alpha value is -3.89. The van der Waals surface area contributed by atoms with Crippen molar-refractivity contribution < 1.29 is 17.4 Å². The molecule has 0 saturated carbocycles. The van der Waals surface area contributed by atoms with Gasteiger partial charge >= 0.3 is 17.4 Å². The van der Waals surface area contributed by atoms with E-state index in [9.17, 15) is 0 Å². The molecule has 0 nitrogen and oxygen atoms in total. The van der Waals surface area contributed by atoms with Crippen LogP contribution < -0.4 is 0 Å². The molecule has 0 aromatic heterocycles. The Balaban J connectivity index is 0.000000160. The second-order valence-electron chi connectivity index (χ2n) is 8.24. The fourth-order valence-corrected chi connectivity index (χ4v) is 4.13. The van der Waals surface area contributed by atoms with Gasteiger partial charge in [-0.05, 0) is 22.3 Å². The Kier molecular flexibility index (Phi) is 8.31. The quantitative estimate of drug-likeness (QED) is 0.373. The van der Waals surface area contributed by atoms with Crippen molar-refractivity contribution in [3.63, 3.8) is 0 Å². The molecule has 1 heteroatoms. The summed E-state index contributed by atoms with van der Waals surface area (Å²) in [5.41, 5.74) is 10.2. The second-order valence-corrected chi connectivity index (χ2v) is 8.24. The summed E-state index contributed by atoms with van der Waals surface area (Å²) in [6.07, 6.45) is 34.2. The number of allylic oxidation sites excluding steroid dienone is 20. The summed E-state index contributed by atoms with van der Waals surface area (Å²) in [5, 5.41) is 0. The third kappa shape index (κ3) is 6.17. The summed E-state index contributed by atoms with van der Waals surface area (Å²) in [4.78, 5) is 0. The van der Waals surface area contributed by atoms with E-state index in [1.54, 1.807) is 0 Å². The van der Waals surface area contributed by atoms with Gasteiger partial charge in [0.25, 0.3) is 0 Å². The minimum atomic E-state index is 0. The molecule has 0 bridgehead atoms. The summed E-state index contributed by atoms with van der Waals surface area (Å²) < 4.78 is 0. The maximum atomic E-state index is 2.24. The van der Waals surface area contributed by atoms with E-state index in [0.29, 0.717) is 0 Å². The first-order chi connectivity index (χ1) is 16.9. The van der Waals surface area contributed by atoms with Gasteiger partial charge < -0.3 is 0 Å². The van der Waals surface area contributed by atoms with Crippen LogP contribution in [0.15, 0.2) is 168 Å². The van der Waals surface area contributed by atoms with Crippen LogP contribution in [0, 0.1) is 12.8 Å². The normalized spacial score (nSPS) is 20.9. The van der Waals surface area contributed by atoms with E-state index >= 15 is 0 Å². The van der Waals surface area contributed by atoms with Gasteiger partial charge in [0.05, 0.1) is 0 Å². The van der Waals surface area contributed by atoms with Crippen LogP contribution in [-0.4, -0.2) is 0 Å². The van der Waals surface area contributed by atoms with Crippen LogP contribution in [0.25, 0.3) is 11.1 Å². The number of hydrogen-bond donors (Lipinski definition) is 0. The molecular formula is C34H26Cr. The van der Waals surface area contributed by atoms with Crippen LogP contribution in [-0.2, 0) is 17.4 Å². The van der Waals surface area contributed by atoms with Crippen LogP contribution in [0.1, 0.15) is 11.1 Å². The van der Waals surface area contributed by atoms with E-state index in [4.69, 9.17) is 0 Å². The Morgan fingerprint density at radius 3 is 1.23 bits per heavy atom. The van der Waals surface area contributed by atoms with Crippen LogP contribution in [0.5, 0.6) is 0 Å². The van der Waals surface area contributed by atoms with Gasteiger partial charge in [-0.3, -0.25) is 0 Å². The molecule has 0 fully saturated rings. The maximum absolute atomic E-state index is 2.24. The molecule has 4 aliphatic rings. The minimum Gasteiger partial charge on any atom is -0.145 e. The fourth-order valence-electron chi connectivity index (χ4n) is 4.13. The van der Waals surface area contributed by atoms with Crippen molar-refractivity contribution in [1.82, 2.24) is 0 Å². The molecule has 0 heterocycles. The SMILES string of the molecule is C1=C[CH-]C(=C2C=CC(c3ccccc3)=C2)C=C1.C1=C[CH-]C(=C2C=CC(c3ccccc3)=C2)C=C1.[Cr+2]. The zero-order chi connectivity index (χ0) is 23.0. The number of hydrogen-bond acceptors (Lipinski definition) is 0. The van der Waals surface area contributed by atoms with E-state index < -0.39 is 0 Å². The summed E-state index contributed by atoms with van der Waals surface area (Å²) in [5.74, 6) is 0. The van der Waals surface area contributed by atoms with E-state index in [1.165, 1.54) is 44.6 Å². The molecule has 35 heavy (non-hydrogen) atoms. The Labute approximate surface area is 219 Å². The molecule has 0 spiro atoms. The first kappa shape index (κ1) is 24.2. The summed E-state index contributed by atoms with van der Waals surface area (Å²) in [6, 6.07) is 21.0. The van der Waals surface area contributed by atoms with Gasteiger partial charge in [0.2, 0.25) is 0 Å². The van der Waals surface area contributed by atoms with Crippen LogP contribution >= 0.6 is 0 Å².